The molecular formula is C24H29N5O3. The summed E-state index contributed by atoms with van der Waals surface area (Å²) in [7, 11) is 0. The van der Waals surface area contributed by atoms with Gasteiger partial charge < -0.3 is 14.8 Å². The van der Waals surface area contributed by atoms with Gasteiger partial charge in [0.15, 0.2) is 5.82 Å². The number of aromatic nitrogens is 3. The van der Waals surface area contributed by atoms with Crippen molar-refractivity contribution in [3.63, 3.8) is 0 Å². The smallest absolute Gasteiger partial charge is 0.254 e. The lowest BCUT2D eigenvalue weighted by Crippen LogP contribution is -2.41. The molecule has 168 valence electrons. The van der Waals surface area contributed by atoms with Crippen molar-refractivity contribution in [1.82, 2.24) is 24.8 Å². The van der Waals surface area contributed by atoms with Crippen LogP contribution >= 0.6 is 0 Å². The summed E-state index contributed by atoms with van der Waals surface area (Å²) in [4.78, 5) is 54.2. The SMILES string of the molecule is O=C([C@@H]1CC(=O)N(C2CCCCC2)C1)N1CCc2nc(-c3ccccn3)[nH]c(=O)c2CC1. The van der Waals surface area contributed by atoms with E-state index < -0.39 is 0 Å². The average molecular weight is 436 g/mol. The molecule has 0 spiro atoms. The van der Waals surface area contributed by atoms with Crippen LogP contribution in [0.25, 0.3) is 11.5 Å². The van der Waals surface area contributed by atoms with Crippen molar-refractivity contribution in [1.29, 1.82) is 0 Å². The lowest BCUT2D eigenvalue weighted by Gasteiger charge is -2.31. The van der Waals surface area contributed by atoms with Crippen molar-refractivity contribution in [2.75, 3.05) is 19.6 Å². The minimum atomic E-state index is -0.277. The number of rotatable bonds is 3. The number of hydrogen-bond acceptors (Lipinski definition) is 5. The van der Waals surface area contributed by atoms with Crippen molar-refractivity contribution in [3.05, 3.63) is 46.0 Å². The number of carbonyl (C=O) groups is 2. The topological polar surface area (TPSA) is 99.3 Å². The molecule has 3 aliphatic rings. The van der Waals surface area contributed by atoms with Crippen LogP contribution in [0.3, 0.4) is 0 Å². The average Bonchev–Trinajstić information content (AvgIpc) is 3.08. The second-order valence-electron chi connectivity index (χ2n) is 9.12. The first-order chi connectivity index (χ1) is 15.6. The van der Waals surface area contributed by atoms with Crippen LogP contribution in [-0.4, -0.2) is 62.2 Å². The van der Waals surface area contributed by atoms with Crippen molar-refractivity contribution in [3.8, 4) is 11.5 Å². The number of H-pyrrole nitrogens is 1. The van der Waals surface area contributed by atoms with E-state index in [4.69, 9.17) is 0 Å². The van der Waals surface area contributed by atoms with Crippen LogP contribution in [0.1, 0.15) is 49.8 Å². The summed E-state index contributed by atoms with van der Waals surface area (Å²) in [5.74, 6) is 0.330. The third-order valence-electron chi connectivity index (χ3n) is 7.09. The van der Waals surface area contributed by atoms with Crippen LogP contribution in [0, 0.1) is 5.92 Å². The molecule has 1 saturated heterocycles. The Morgan fingerprint density at radius 2 is 1.88 bits per heavy atom. The normalized spacial score (nSPS) is 22.0. The molecule has 5 rings (SSSR count). The molecule has 0 radical (unpaired) electrons. The van der Waals surface area contributed by atoms with Crippen LogP contribution in [0.2, 0.25) is 0 Å². The predicted molar refractivity (Wildman–Crippen MR) is 119 cm³/mol. The first kappa shape index (κ1) is 20.8. The van der Waals surface area contributed by atoms with E-state index in [0.717, 1.165) is 18.5 Å². The largest absolute Gasteiger partial charge is 0.342 e. The molecule has 8 nitrogen and oxygen atoms in total. The number of nitrogens with zero attached hydrogens (tertiary/aromatic N) is 4. The minimum Gasteiger partial charge on any atom is -0.342 e. The van der Waals surface area contributed by atoms with Crippen molar-refractivity contribution < 1.29 is 9.59 Å². The van der Waals surface area contributed by atoms with E-state index in [1.807, 2.05) is 28.0 Å². The summed E-state index contributed by atoms with van der Waals surface area (Å²) in [6.07, 6.45) is 8.65. The first-order valence-electron chi connectivity index (χ1n) is 11.7. The first-order valence-corrected chi connectivity index (χ1v) is 11.7. The molecule has 2 aromatic rings. The molecule has 2 aromatic heterocycles. The van der Waals surface area contributed by atoms with Gasteiger partial charge in [-0.25, -0.2) is 4.98 Å². The fourth-order valence-electron chi connectivity index (χ4n) is 5.35. The molecule has 32 heavy (non-hydrogen) atoms. The highest BCUT2D eigenvalue weighted by molar-refractivity contribution is 5.89. The molecule has 8 heteroatoms. The van der Waals surface area contributed by atoms with E-state index in [1.165, 1.54) is 19.3 Å². The van der Waals surface area contributed by atoms with Gasteiger partial charge in [0.1, 0.15) is 5.69 Å². The van der Waals surface area contributed by atoms with Gasteiger partial charge in [0.2, 0.25) is 11.8 Å². The number of carbonyl (C=O) groups excluding carboxylic acids is 2. The van der Waals surface area contributed by atoms with E-state index in [2.05, 4.69) is 15.0 Å². The van der Waals surface area contributed by atoms with Crippen molar-refractivity contribution >= 4 is 11.8 Å². The maximum absolute atomic E-state index is 13.3. The zero-order valence-corrected chi connectivity index (χ0v) is 18.3. The van der Waals surface area contributed by atoms with Crippen LogP contribution in [-0.2, 0) is 22.4 Å². The molecule has 1 atom stereocenters. The van der Waals surface area contributed by atoms with Crippen LogP contribution in [0.5, 0.6) is 0 Å². The number of pyridine rings is 1. The Bertz CT molecular complexity index is 1060. The Morgan fingerprint density at radius 1 is 1.06 bits per heavy atom. The van der Waals surface area contributed by atoms with Gasteiger partial charge in [0.05, 0.1) is 11.6 Å². The molecule has 2 aliphatic heterocycles. The molecule has 2 fully saturated rings. The van der Waals surface area contributed by atoms with Crippen molar-refractivity contribution in [2.45, 2.75) is 57.4 Å². The van der Waals surface area contributed by atoms with Gasteiger partial charge in [-0.15, -0.1) is 0 Å². The fraction of sp³-hybridized carbons (Fsp3) is 0.542. The summed E-state index contributed by atoms with van der Waals surface area (Å²) < 4.78 is 0. The number of amides is 2. The van der Waals surface area contributed by atoms with E-state index in [9.17, 15) is 14.4 Å². The van der Waals surface area contributed by atoms with Gasteiger partial charge >= 0.3 is 0 Å². The number of nitrogens with one attached hydrogen (secondary N) is 1. The molecule has 1 saturated carbocycles. The van der Waals surface area contributed by atoms with E-state index in [0.29, 0.717) is 62.0 Å². The van der Waals surface area contributed by atoms with Gasteiger partial charge in [-0.05, 0) is 31.4 Å². The van der Waals surface area contributed by atoms with E-state index >= 15 is 0 Å². The zero-order chi connectivity index (χ0) is 22.1. The highest BCUT2D eigenvalue weighted by Crippen LogP contribution is 2.30. The van der Waals surface area contributed by atoms with Gasteiger partial charge in [-0.2, -0.15) is 0 Å². The standard InChI is InChI=1S/C24H29N5O3/c30-21-14-16(15-29(21)17-6-2-1-3-7-17)24(32)28-12-9-18-19(10-13-28)26-22(27-23(18)31)20-8-4-5-11-25-20/h4-5,8,11,16-17H,1-3,6-7,9-10,12-15H2,(H,26,27,31)/t16-/m1/s1. The second kappa shape index (κ2) is 8.84. The Balaban J connectivity index is 1.28. The lowest BCUT2D eigenvalue weighted by molar-refractivity contribution is -0.135. The van der Waals surface area contributed by atoms with Crippen LogP contribution in [0.15, 0.2) is 29.2 Å². The Labute approximate surface area is 187 Å². The lowest BCUT2D eigenvalue weighted by atomic mass is 9.94. The fourth-order valence-corrected chi connectivity index (χ4v) is 5.35. The zero-order valence-electron chi connectivity index (χ0n) is 18.3. The number of fused-ring (bicyclic) bond motifs is 1. The molecule has 4 heterocycles. The monoisotopic (exact) mass is 435 g/mol. The highest BCUT2D eigenvalue weighted by atomic mass is 16.2. The van der Waals surface area contributed by atoms with Crippen molar-refractivity contribution in [2.24, 2.45) is 5.92 Å². The third kappa shape index (κ3) is 4.06. The molecule has 0 aromatic carbocycles. The summed E-state index contributed by atoms with van der Waals surface area (Å²) >= 11 is 0. The molecule has 1 N–H and O–H groups in total. The molecule has 0 unspecified atom stereocenters. The number of likely N-dealkylation sites (tertiary alicyclic amines) is 1. The Hall–Kier alpha value is -3.03. The third-order valence-corrected chi connectivity index (χ3v) is 7.09. The maximum atomic E-state index is 13.3. The van der Waals surface area contributed by atoms with E-state index in [-0.39, 0.29) is 23.3 Å². The number of aromatic amines is 1. The van der Waals surface area contributed by atoms with Gasteiger partial charge in [-0.3, -0.25) is 19.4 Å². The minimum absolute atomic E-state index is 0.0332. The summed E-state index contributed by atoms with van der Waals surface area (Å²) in [5, 5.41) is 0. The molecular weight excluding hydrogens is 406 g/mol. The quantitative estimate of drug-likeness (QED) is 0.794. The Morgan fingerprint density at radius 3 is 2.66 bits per heavy atom. The Kier molecular flexibility index (Phi) is 5.76. The summed E-state index contributed by atoms with van der Waals surface area (Å²) in [6, 6.07) is 5.79. The van der Waals surface area contributed by atoms with Gasteiger partial charge in [0, 0.05) is 50.3 Å². The maximum Gasteiger partial charge on any atom is 0.254 e. The van der Waals surface area contributed by atoms with Gasteiger partial charge in [0.25, 0.3) is 5.56 Å². The highest BCUT2D eigenvalue weighted by Gasteiger charge is 2.40. The predicted octanol–water partition coefficient (Wildman–Crippen LogP) is 1.94. The molecule has 2 amide bonds. The summed E-state index contributed by atoms with van der Waals surface area (Å²) in [6.45, 7) is 1.53. The van der Waals surface area contributed by atoms with E-state index in [1.54, 1.807) is 6.20 Å². The van der Waals surface area contributed by atoms with Gasteiger partial charge in [-0.1, -0.05) is 25.3 Å². The van der Waals surface area contributed by atoms with Crippen LogP contribution < -0.4 is 5.56 Å². The molecule has 0 bridgehead atoms. The second-order valence-corrected chi connectivity index (χ2v) is 9.12. The number of hydrogen-bond donors (Lipinski definition) is 1. The van der Waals surface area contributed by atoms with Crippen LogP contribution in [0.4, 0.5) is 0 Å². The molecule has 1 aliphatic carbocycles. The summed E-state index contributed by atoms with van der Waals surface area (Å²) in [5.41, 5.74) is 1.84.